The van der Waals surface area contributed by atoms with E-state index in [9.17, 15) is 18.0 Å². The number of hydrogen-bond acceptors (Lipinski definition) is 7. The molecular weight excluding hydrogens is 450 g/mol. The lowest BCUT2D eigenvalue weighted by molar-refractivity contribution is -0.120. The minimum atomic E-state index is -3.80. The van der Waals surface area contributed by atoms with Crippen molar-refractivity contribution in [2.24, 2.45) is 5.92 Å². The molecule has 2 aromatic carbocycles. The predicted octanol–water partition coefficient (Wildman–Crippen LogP) is 2.68. The number of methoxy groups -OCH3 is 1. The number of rotatable bonds is 5. The molecule has 0 radical (unpaired) electrons. The van der Waals surface area contributed by atoms with Crippen LogP contribution in [0.5, 0.6) is 11.5 Å². The third-order valence-electron chi connectivity index (χ3n) is 5.50. The van der Waals surface area contributed by atoms with Crippen LogP contribution in [0.25, 0.3) is 0 Å². The van der Waals surface area contributed by atoms with Gasteiger partial charge in [0.1, 0.15) is 13.2 Å². The van der Waals surface area contributed by atoms with Gasteiger partial charge in [-0.05, 0) is 49.2 Å². The quantitative estimate of drug-likeness (QED) is 0.681. The molecule has 33 heavy (non-hydrogen) atoms. The van der Waals surface area contributed by atoms with Crippen LogP contribution >= 0.6 is 0 Å². The van der Waals surface area contributed by atoms with Gasteiger partial charge in [0.2, 0.25) is 15.9 Å². The molecule has 1 saturated heterocycles. The molecule has 2 amide bonds. The van der Waals surface area contributed by atoms with E-state index in [0.717, 1.165) is 0 Å². The number of nitrogens with one attached hydrogen (secondary N) is 2. The lowest BCUT2D eigenvalue weighted by Crippen LogP contribution is -2.43. The highest BCUT2D eigenvalue weighted by atomic mass is 32.2. The van der Waals surface area contributed by atoms with Crippen LogP contribution in [0.3, 0.4) is 0 Å². The van der Waals surface area contributed by atoms with Crippen molar-refractivity contribution >= 4 is 33.4 Å². The maximum absolute atomic E-state index is 13.1. The fraction of sp³-hybridized carbons (Fsp3) is 0.364. The Bertz CT molecular complexity index is 1140. The van der Waals surface area contributed by atoms with E-state index < -0.39 is 22.0 Å². The van der Waals surface area contributed by atoms with E-state index in [1.54, 1.807) is 18.2 Å². The summed E-state index contributed by atoms with van der Waals surface area (Å²) >= 11 is 0. The molecule has 176 valence electrons. The monoisotopic (exact) mass is 475 g/mol. The molecule has 4 rings (SSSR count). The normalized spacial score (nSPS) is 18.3. The Morgan fingerprint density at radius 2 is 1.82 bits per heavy atom. The molecule has 0 unspecified atom stereocenters. The molecule has 0 saturated carbocycles. The van der Waals surface area contributed by atoms with Crippen LogP contribution in [0.4, 0.5) is 16.2 Å². The van der Waals surface area contributed by atoms with Gasteiger partial charge in [-0.1, -0.05) is 6.07 Å². The first kappa shape index (κ1) is 22.9. The molecule has 0 bridgehead atoms. The number of amides is 2. The molecule has 2 aromatic rings. The van der Waals surface area contributed by atoms with Crippen LogP contribution < -0.4 is 20.1 Å². The summed E-state index contributed by atoms with van der Waals surface area (Å²) in [7, 11) is -2.56. The smallest absolute Gasteiger partial charge is 0.411 e. The summed E-state index contributed by atoms with van der Waals surface area (Å²) < 4.78 is 43.3. The molecule has 2 aliphatic rings. The van der Waals surface area contributed by atoms with Gasteiger partial charge in [-0.3, -0.25) is 10.1 Å². The predicted molar refractivity (Wildman–Crippen MR) is 120 cm³/mol. The first-order valence-corrected chi connectivity index (χ1v) is 12.0. The second-order valence-electron chi connectivity index (χ2n) is 7.66. The summed E-state index contributed by atoms with van der Waals surface area (Å²) in [5.74, 6) is 0.277. The first-order chi connectivity index (χ1) is 15.9. The molecule has 2 aliphatic heterocycles. The van der Waals surface area contributed by atoms with Crippen molar-refractivity contribution in [3.05, 3.63) is 42.5 Å². The lowest BCUT2D eigenvalue weighted by atomic mass is 9.98. The Kier molecular flexibility index (Phi) is 6.70. The van der Waals surface area contributed by atoms with Crippen LogP contribution in [0, 0.1) is 5.92 Å². The van der Waals surface area contributed by atoms with Gasteiger partial charge >= 0.3 is 6.09 Å². The Hall–Kier alpha value is -3.31. The van der Waals surface area contributed by atoms with E-state index in [4.69, 9.17) is 9.47 Å². The highest BCUT2D eigenvalue weighted by Crippen LogP contribution is 2.37. The summed E-state index contributed by atoms with van der Waals surface area (Å²) in [5, 5.41) is 5.34. The van der Waals surface area contributed by atoms with Gasteiger partial charge in [0.15, 0.2) is 11.5 Å². The number of carbonyl (C=O) groups excluding carboxylic acids is 2. The number of sulfonamides is 1. The third-order valence-corrected chi connectivity index (χ3v) is 7.38. The summed E-state index contributed by atoms with van der Waals surface area (Å²) in [6.45, 7) is 1.23. The Balaban J connectivity index is 1.44. The zero-order valence-corrected chi connectivity index (χ0v) is 18.9. The van der Waals surface area contributed by atoms with E-state index in [-0.39, 0.29) is 17.3 Å². The molecule has 0 aromatic heterocycles. The van der Waals surface area contributed by atoms with Crippen LogP contribution in [-0.2, 0) is 19.6 Å². The SMILES string of the molecule is COC(=O)Nc1ccc(S(=O)(=O)N2CCC[C@H](C(=O)Nc3cccc4c3OCCO4)C2)cc1. The van der Waals surface area contributed by atoms with Crippen molar-refractivity contribution in [1.29, 1.82) is 0 Å². The zero-order valence-electron chi connectivity index (χ0n) is 18.1. The van der Waals surface area contributed by atoms with Gasteiger partial charge in [0.25, 0.3) is 0 Å². The fourth-order valence-electron chi connectivity index (χ4n) is 3.81. The largest absolute Gasteiger partial charge is 0.486 e. The molecular formula is C22H25N3O7S. The van der Waals surface area contributed by atoms with Gasteiger partial charge in [-0.15, -0.1) is 0 Å². The van der Waals surface area contributed by atoms with Gasteiger partial charge in [-0.2, -0.15) is 4.31 Å². The molecule has 11 heteroatoms. The van der Waals surface area contributed by atoms with Crippen LogP contribution in [0.2, 0.25) is 0 Å². The van der Waals surface area contributed by atoms with E-state index in [1.165, 1.54) is 35.7 Å². The lowest BCUT2D eigenvalue weighted by Gasteiger charge is -2.31. The molecule has 2 heterocycles. The fourth-order valence-corrected chi connectivity index (χ4v) is 5.33. The van der Waals surface area contributed by atoms with E-state index in [1.807, 2.05) is 0 Å². The Labute approximate surface area is 191 Å². The molecule has 2 N–H and O–H groups in total. The van der Waals surface area contributed by atoms with Gasteiger partial charge in [0.05, 0.1) is 23.6 Å². The molecule has 1 atom stereocenters. The minimum Gasteiger partial charge on any atom is -0.486 e. The number of anilines is 2. The average molecular weight is 476 g/mol. The van der Waals surface area contributed by atoms with Crippen molar-refractivity contribution in [2.45, 2.75) is 17.7 Å². The Morgan fingerprint density at radius 1 is 1.06 bits per heavy atom. The molecule has 1 fully saturated rings. The topological polar surface area (TPSA) is 123 Å². The van der Waals surface area contributed by atoms with Gasteiger partial charge < -0.3 is 19.5 Å². The second kappa shape index (κ2) is 9.67. The molecule has 0 spiro atoms. The summed E-state index contributed by atoms with van der Waals surface area (Å²) in [6.07, 6.45) is 0.491. The number of fused-ring (bicyclic) bond motifs is 1. The number of benzene rings is 2. The van der Waals surface area contributed by atoms with Crippen molar-refractivity contribution in [3.63, 3.8) is 0 Å². The van der Waals surface area contributed by atoms with Gasteiger partial charge in [0, 0.05) is 18.8 Å². The van der Waals surface area contributed by atoms with Crippen LogP contribution in [-0.4, -0.2) is 58.1 Å². The van der Waals surface area contributed by atoms with Crippen LogP contribution in [0.1, 0.15) is 12.8 Å². The number of hydrogen-bond donors (Lipinski definition) is 2. The highest BCUT2D eigenvalue weighted by molar-refractivity contribution is 7.89. The second-order valence-corrected chi connectivity index (χ2v) is 9.60. The standard InChI is InChI=1S/C22H25N3O7S/c1-30-22(27)23-16-7-9-17(10-8-16)33(28,29)25-11-3-4-15(14-25)21(26)24-18-5-2-6-19-20(18)32-13-12-31-19/h2,5-10,15H,3-4,11-14H2,1H3,(H,23,27)(H,24,26)/t15-/m0/s1. The Morgan fingerprint density at radius 3 is 2.58 bits per heavy atom. The average Bonchev–Trinajstić information content (AvgIpc) is 2.84. The maximum Gasteiger partial charge on any atom is 0.411 e. The maximum atomic E-state index is 13.1. The van der Waals surface area contributed by atoms with E-state index in [2.05, 4.69) is 15.4 Å². The summed E-state index contributed by atoms with van der Waals surface area (Å²) in [6, 6.07) is 11.1. The van der Waals surface area contributed by atoms with Crippen LogP contribution in [0.15, 0.2) is 47.4 Å². The zero-order chi connectivity index (χ0) is 23.4. The number of para-hydroxylation sites is 1. The van der Waals surface area contributed by atoms with Crippen molar-refractivity contribution < 1.29 is 32.2 Å². The first-order valence-electron chi connectivity index (χ1n) is 10.5. The van der Waals surface area contributed by atoms with Crippen molar-refractivity contribution in [2.75, 3.05) is 44.0 Å². The minimum absolute atomic E-state index is 0.0721. The summed E-state index contributed by atoms with van der Waals surface area (Å²) in [5.41, 5.74) is 0.917. The highest BCUT2D eigenvalue weighted by Gasteiger charge is 2.34. The number of ether oxygens (including phenoxy) is 3. The van der Waals surface area contributed by atoms with E-state index >= 15 is 0 Å². The van der Waals surface area contributed by atoms with Gasteiger partial charge in [-0.25, -0.2) is 13.2 Å². The number of carbonyl (C=O) groups is 2. The number of piperidine rings is 1. The third kappa shape index (κ3) is 5.04. The molecule has 10 nitrogen and oxygen atoms in total. The number of nitrogens with zero attached hydrogens (tertiary/aromatic N) is 1. The van der Waals surface area contributed by atoms with Crippen molar-refractivity contribution in [3.8, 4) is 11.5 Å². The van der Waals surface area contributed by atoms with E-state index in [0.29, 0.717) is 55.5 Å². The van der Waals surface area contributed by atoms with Crippen molar-refractivity contribution in [1.82, 2.24) is 4.31 Å². The summed E-state index contributed by atoms with van der Waals surface area (Å²) in [4.78, 5) is 24.4. The molecule has 0 aliphatic carbocycles.